The summed E-state index contributed by atoms with van der Waals surface area (Å²) in [4.78, 5) is 28.8. The third kappa shape index (κ3) is 6.98. The van der Waals surface area contributed by atoms with Gasteiger partial charge in [-0.15, -0.1) is 0 Å². The number of nitrogens with one attached hydrogen (secondary N) is 3. The molecule has 42 heavy (non-hydrogen) atoms. The van der Waals surface area contributed by atoms with Crippen LogP contribution >= 0.6 is 11.9 Å². The Morgan fingerprint density at radius 3 is 2.67 bits per heavy atom. The summed E-state index contributed by atoms with van der Waals surface area (Å²) in [6, 6.07) is 8.05. The van der Waals surface area contributed by atoms with Crippen LogP contribution in [0.5, 0.6) is 0 Å². The number of nitrogens with zero attached hydrogens (tertiary/aromatic N) is 1. The molecule has 4 rings (SSSR count). The Balaban J connectivity index is 1.41. The number of benzene rings is 1. The molecule has 5 N–H and O–H groups in total. The first-order valence-electron chi connectivity index (χ1n) is 14.7. The minimum Gasteiger partial charge on any atom is -0.383 e. The molecule has 0 radical (unpaired) electrons. The Bertz CT molecular complexity index is 1260. The Morgan fingerprint density at radius 2 is 1.98 bits per heavy atom. The highest BCUT2D eigenvalue weighted by Gasteiger charge is 2.50. The van der Waals surface area contributed by atoms with Gasteiger partial charge in [0.1, 0.15) is 5.70 Å². The lowest BCUT2D eigenvalue weighted by molar-refractivity contribution is -0.127. The number of likely N-dealkylation sites (tertiary alicyclic amines) is 1. The minimum atomic E-state index is -3.18. The van der Waals surface area contributed by atoms with Crippen LogP contribution in [-0.2, 0) is 15.0 Å². The zero-order chi connectivity index (χ0) is 30.3. The number of alkyl halides is 2. The molecular formula is C32H43F2N5O2S. The molecular weight excluding hydrogens is 556 g/mol. The van der Waals surface area contributed by atoms with E-state index in [1.165, 1.54) is 0 Å². The summed E-state index contributed by atoms with van der Waals surface area (Å²) < 4.78 is 28.2. The fraction of sp³-hybridized carbons (Fsp3) is 0.500. The number of likely N-dealkylation sites (N-methyl/N-ethyl adjacent to an activating group) is 1. The molecule has 1 aromatic rings. The van der Waals surface area contributed by atoms with Crippen LogP contribution < -0.4 is 21.1 Å². The van der Waals surface area contributed by atoms with Gasteiger partial charge in [0.25, 0.3) is 11.8 Å². The van der Waals surface area contributed by atoms with Crippen molar-refractivity contribution in [3.63, 3.8) is 0 Å². The van der Waals surface area contributed by atoms with Crippen molar-refractivity contribution in [1.82, 2.24) is 20.9 Å². The van der Waals surface area contributed by atoms with Gasteiger partial charge in [0, 0.05) is 31.6 Å². The van der Waals surface area contributed by atoms with Gasteiger partial charge >= 0.3 is 0 Å². The molecule has 10 heteroatoms. The smallest absolute Gasteiger partial charge is 0.283 e. The van der Waals surface area contributed by atoms with Crippen molar-refractivity contribution in [3.8, 4) is 0 Å². The maximum absolute atomic E-state index is 14.1. The maximum atomic E-state index is 14.1. The van der Waals surface area contributed by atoms with Crippen LogP contribution in [0.15, 0.2) is 65.8 Å². The minimum absolute atomic E-state index is 0.106. The molecule has 0 spiro atoms. The van der Waals surface area contributed by atoms with E-state index in [4.69, 9.17) is 5.14 Å². The summed E-state index contributed by atoms with van der Waals surface area (Å²) in [6.45, 7) is 7.21. The van der Waals surface area contributed by atoms with E-state index >= 15 is 0 Å². The molecule has 1 fully saturated rings. The Kier molecular flexibility index (Phi) is 10.7. The van der Waals surface area contributed by atoms with E-state index in [1.807, 2.05) is 18.2 Å². The monoisotopic (exact) mass is 599 g/mol. The first-order chi connectivity index (χ1) is 20.1. The van der Waals surface area contributed by atoms with E-state index in [-0.39, 0.29) is 17.9 Å². The molecule has 2 amide bonds. The van der Waals surface area contributed by atoms with Crippen molar-refractivity contribution in [2.24, 2.45) is 11.1 Å². The van der Waals surface area contributed by atoms with E-state index in [0.717, 1.165) is 86.0 Å². The van der Waals surface area contributed by atoms with Crippen LogP contribution in [0.4, 0.5) is 8.78 Å². The Hall–Kier alpha value is -2.95. The van der Waals surface area contributed by atoms with Crippen molar-refractivity contribution in [2.75, 3.05) is 33.2 Å². The normalized spacial score (nSPS) is 22.9. The lowest BCUT2D eigenvalue weighted by atomic mass is 9.71. The molecule has 1 saturated heterocycles. The van der Waals surface area contributed by atoms with Crippen LogP contribution in [0.25, 0.3) is 5.57 Å². The van der Waals surface area contributed by atoms with Crippen molar-refractivity contribution < 1.29 is 18.4 Å². The molecule has 0 aromatic heterocycles. The maximum Gasteiger partial charge on any atom is 0.283 e. The molecule has 2 aliphatic carbocycles. The summed E-state index contributed by atoms with van der Waals surface area (Å²) in [5, 5.41) is 15.6. The zero-order valence-corrected chi connectivity index (χ0v) is 25.4. The predicted molar refractivity (Wildman–Crippen MR) is 166 cm³/mol. The second kappa shape index (κ2) is 14.0. The molecule has 2 atom stereocenters. The van der Waals surface area contributed by atoms with Gasteiger partial charge in [-0.3, -0.25) is 14.7 Å². The largest absolute Gasteiger partial charge is 0.383 e. The summed E-state index contributed by atoms with van der Waals surface area (Å²) >= 11 is 0.991. The lowest BCUT2D eigenvalue weighted by Crippen LogP contribution is -2.48. The third-order valence-electron chi connectivity index (χ3n) is 8.68. The molecule has 0 saturated carbocycles. The van der Waals surface area contributed by atoms with Crippen molar-refractivity contribution in [2.45, 2.75) is 62.8 Å². The summed E-state index contributed by atoms with van der Waals surface area (Å²) in [5.74, 6) is -3.36. The number of piperidine rings is 1. The van der Waals surface area contributed by atoms with E-state index in [2.05, 4.69) is 52.6 Å². The number of nitrogens with two attached hydrogens (primary N) is 1. The SMILES string of the molecule is C=CC(F)(F)CNC(=O)C1(CCCCN2CCC(NC(=O)/C(=C/SN)NC)CC2)C2=C(CC(C)C=C2)c2ccccc21. The average Bonchev–Trinajstić information content (AvgIpc) is 3.27. The average molecular weight is 600 g/mol. The standard InChI is InChI=1S/C32H43F2N5O2S/c1-4-31(33,34)21-37-30(41)32(26-10-6-5-9-24(26)25-19-22(2)11-12-27(25)32)15-7-8-16-39-17-13-23(14-18-39)38-29(40)28(36-3)20-42-35/h4-6,9-12,20,22-23,36H,1,7-8,13-19,21,35H2,2-3H3,(H,37,41)(H,38,40)/b28-20-. The van der Waals surface area contributed by atoms with Crippen molar-refractivity contribution in [3.05, 3.63) is 76.9 Å². The van der Waals surface area contributed by atoms with Gasteiger partial charge in [-0.05, 0) is 72.9 Å². The number of carbonyl (C=O) groups is 2. The summed E-state index contributed by atoms with van der Waals surface area (Å²) in [5.41, 5.74) is 3.51. The Labute approximate surface area is 252 Å². The highest BCUT2D eigenvalue weighted by Crippen LogP contribution is 2.53. The number of carbonyl (C=O) groups excluding carboxylic acids is 2. The number of allylic oxidation sites excluding steroid dienone is 3. The van der Waals surface area contributed by atoms with E-state index in [1.54, 1.807) is 12.5 Å². The van der Waals surface area contributed by atoms with Crippen LogP contribution in [0.3, 0.4) is 0 Å². The van der Waals surface area contributed by atoms with Crippen LogP contribution in [0.2, 0.25) is 0 Å². The molecule has 3 aliphatic rings. The predicted octanol–water partition coefficient (Wildman–Crippen LogP) is 4.64. The molecule has 7 nitrogen and oxygen atoms in total. The van der Waals surface area contributed by atoms with Crippen molar-refractivity contribution in [1.29, 1.82) is 0 Å². The summed E-state index contributed by atoms with van der Waals surface area (Å²) in [6.07, 6.45) is 9.47. The van der Waals surface area contributed by atoms with Gasteiger partial charge in [-0.2, -0.15) is 0 Å². The third-order valence-corrected chi connectivity index (χ3v) is 9.06. The fourth-order valence-corrected chi connectivity index (χ4v) is 6.77. The van der Waals surface area contributed by atoms with E-state index < -0.39 is 17.9 Å². The quantitative estimate of drug-likeness (QED) is 0.114. The summed E-state index contributed by atoms with van der Waals surface area (Å²) in [7, 11) is 1.70. The first kappa shape index (κ1) is 32.0. The van der Waals surface area contributed by atoms with Crippen LogP contribution in [0, 0.1) is 5.92 Å². The van der Waals surface area contributed by atoms with Gasteiger partial charge in [-0.1, -0.05) is 68.3 Å². The number of halogens is 2. The number of hydrogen-bond donors (Lipinski definition) is 4. The second-order valence-electron chi connectivity index (χ2n) is 11.5. The Morgan fingerprint density at radius 1 is 1.24 bits per heavy atom. The number of unbranched alkanes of at least 4 members (excludes halogenated alkanes) is 1. The van der Waals surface area contributed by atoms with E-state index in [0.29, 0.717) is 24.1 Å². The zero-order valence-electron chi connectivity index (χ0n) is 24.6. The molecule has 1 aliphatic heterocycles. The topological polar surface area (TPSA) is 99.5 Å². The highest BCUT2D eigenvalue weighted by molar-refractivity contribution is 8.00. The van der Waals surface area contributed by atoms with Crippen LogP contribution in [-0.4, -0.2) is 61.9 Å². The number of amides is 2. The number of fused-ring (bicyclic) bond motifs is 2. The van der Waals surface area contributed by atoms with Gasteiger partial charge in [0.2, 0.25) is 5.91 Å². The van der Waals surface area contributed by atoms with Gasteiger partial charge in [0.15, 0.2) is 0 Å². The second-order valence-corrected chi connectivity index (χ2v) is 12.0. The lowest BCUT2D eigenvalue weighted by Gasteiger charge is -2.34. The molecule has 1 aromatic carbocycles. The van der Waals surface area contributed by atoms with Crippen LogP contribution in [0.1, 0.15) is 56.6 Å². The van der Waals surface area contributed by atoms with E-state index in [9.17, 15) is 18.4 Å². The molecule has 228 valence electrons. The molecule has 0 bridgehead atoms. The molecule has 2 unspecified atom stereocenters. The number of hydrogen-bond acceptors (Lipinski definition) is 6. The first-order valence-corrected chi connectivity index (χ1v) is 15.7. The van der Waals surface area contributed by atoms with Gasteiger partial charge in [0.05, 0.1) is 12.0 Å². The van der Waals surface area contributed by atoms with Gasteiger partial charge in [-0.25, -0.2) is 8.78 Å². The highest BCUT2D eigenvalue weighted by atomic mass is 32.2. The van der Waals surface area contributed by atoms with Crippen molar-refractivity contribution >= 4 is 29.3 Å². The number of rotatable bonds is 13. The van der Waals surface area contributed by atoms with Gasteiger partial charge < -0.3 is 20.9 Å². The molecule has 1 heterocycles. The fourth-order valence-electron chi connectivity index (χ4n) is 6.41.